The van der Waals surface area contributed by atoms with Gasteiger partial charge in [-0.3, -0.25) is 4.79 Å². The fourth-order valence-corrected chi connectivity index (χ4v) is 2.99. The van der Waals surface area contributed by atoms with Crippen molar-refractivity contribution in [1.29, 1.82) is 0 Å². The maximum absolute atomic E-state index is 11.8. The number of hydrogen-bond acceptors (Lipinski definition) is 3. The van der Waals surface area contributed by atoms with E-state index in [9.17, 15) is 4.79 Å². The van der Waals surface area contributed by atoms with Gasteiger partial charge in [-0.25, -0.2) is 0 Å². The first-order valence-corrected chi connectivity index (χ1v) is 6.79. The third-order valence-electron chi connectivity index (χ3n) is 2.51. The Morgan fingerprint density at radius 1 is 1.73 bits per heavy atom. The molecule has 2 unspecified atom stereocenters. The molecular weight excluding hydrogens is 228 g/mol. The molecule has 0 spiro atoms. The van der Waals surface area contributed by atoms with Gasteiger partial charge in [-0.05, 0) is 25.0 Å². The van der Waals surface area contributed by atoms with Gasteiger partial charge in [-0.2, -0.15) is 0 Å². The van der Waals surface area contributed by atoms with Crippen molar-refractivity contribution in [1.82, 2.24) is 5.32 Å². The van der Waals surface area contributed by atoms with Crippen LogP contribution in [0.4, 0.5) is 0 Å². The van der Waals surface area contributed by atoms with Gasteiger partial charge in [0.05, 0.1) is 10.2 Å². The summed E-state index contributed by atoms with van der Waals surface area (Å²) < 4.78 is 0. The first-order chi connectivity index (χ1) is 7.13. The van der Waals surface area contributed by atoms with E-state index in [0.29, 0.717) is 11.4 Å². The third kappa shape index (κ3) is 4.38. The zero-order valence-corrected chi connectivity index (χ0v) is 10.6. The summed E-state index contributed by atoms with van der Waals surface area (Å²) in [6.07, 6.45) is 3.63. The number of rotatable bonds is 5. The summed E-state index contributed by atoms with van der Waals surface area (Å²) in [7, 11) is 0. The first-order valence-electron chi connectivity index (χ1n) is 5.33. The highest BCUT2D eigenvalue weighted by molar-refractivity contribution is 8.00. The molecule has 3 N–H and O–H groups in total. The molecular formula is C10H18N2OS2. The zero-order valence-electron chi connectivity index (χ0n) is 8.99. The molecule has 0 radical (unpaired) electrons. The molecule has 1 amide bonds. The minimum Gasteiger partial charge on any atom is -0.393 e. The average Bonchev–Trinajstić information content (AvgIpc) is 2.68. The van der Waals surface area contributed by atoms with Gasteiger partial charge in [0, 0.05) is 12.5 Å². The van der Waals surface area contributed by atoms with Crippen molar-refractivity contribution in [3.05, 3.63) is 0 Å². The predicted octanol–water partition coefficient (Wildman–Crippen LogP) is 1.45. The van der Waals surface area contributed by atoms with E-state index < -0.39 is 0 Å². The number of hydrogen-bond donors (Lipinski definition) is 2. The summed E-state index contributed by atoms with van der Waals surface area (Å²) in [6.45, 7) is 2.03. The van der Waals surface area contributed by atoms with Gasteiger partial charge >= 0.3 is 0 Å². The van der Waals surface area contributed by atoms with E-state index in [0.717, 1.165) is 25.0 Å². The monoisotopic (exact) mass is 246 g/mol. The molecule has 3 nitrogen and oxygen atoms in total. The molecule has 15 heavy (non-hydrogen) atoms. The Morgan fingerprint density at radius 2 is 2.47 bits per heavy atom. The van der Waals surface area contributed by atoms with E-state index in [1.165, 1.54) is 0 Å². The van der Waals surface area contributed by atoms with Crippen LogP contribution in [0, 0.1) is 0 Å². The lowest BCUT2D eigenvalue weighted by Gasteiger charge is -2.18. The van der Waals surface area contributed by atoms with Crippen LogP contribution < -0.4 is 11.1 Å². The Balaban J connectivity index is 2.36. The number of nitrogens with two attached hydrogens (primary N) is 1. The number of carbonyl (C=O) groups excluding carboxylic acids is 1. The van der Waals surface area contributed by atoms with Crippen molar-refractivity contribution in [2.75, 3.05) is 5.75 Å². The van der Waals surface area contributed by atoms with Crippen LogP contribution in [-0.2, 0) is 4.79 Å². The molecule has 0 aliphatic carbocycles. The normalized spacial score (nSPS) is 22.3. The second-order valence-corrected chi connectivity index (χ2v) is 5.62. The van der Waals surface area contributed by atoms with E-state index in [1.54, 1.807) is 11.8 Å². The number of carbonyl (C=O) groups is 1. The molecule has 2 atom stereocenters. The van der Waals surface area contributed by atoms with Crippen LogP contribution >= 0.6 is 24.0 Å². The highest BCUT2D eigenvalue weighted by atomic mass is 32.2. The topological polar surface area (TPSA) is 55.1 Å². The van der Waals surface area contributed by atoms with E-state index in [1.807, 2.05) is 6.92 Å². The molecule has 0 bridgehead atoms. The second-order valence-electron chi connectivity index (χ2n) is 3.79. The van der Waals surface area contributed by atoms with Gasteiger partial charge in [0.2, 0.25) is 5.91 Å². The highest BCUT2D eigenvalue weighted by Crippen LogP contribution is 2.26. The predicted molar refractivity (Wildman–Crippen MR) is 69.1 cm³/mol. The summed E-state index contributed by atoms with van der Waals surface area (Å²) in [4.78, 5) is 12.3. The fourth-order valence-electron chi connectivity index (χ4n) is 1.62. The minimum absolute atomic E-state index is 0.108. The summed E-state index contributed by atoms with van der Waals surface area (Å²) in [6, 6.07) is 0.108. The van der Waals surface area contributed by atoms with Gasteiger partial charge in [0.15, 0.2) is 0 Å². The SMILES string of the molecule is CCC(CC(N)=S)NC(=O)C1CCCS1. The molecule has 1 aliphatic rings. The zero-order chi connectivity index (χ0) is 11.3. The lowest BCUT2D eigenvalue weighted by Crippen LogP contribution is -2.41. The van der Waals surface area contributed by atoms with E-state index >= 15 is 0 Å². The highest BCUT2D eigenvalue weighted by Gasteiger charge is 2.24. The third-order valence-corrected chi connectivity index (χ3v) is 4.05. The van der Waals surface area contributed by atoms with Crippen molar-refractivity contribution in [2.24, 2.45) is 5.73 Å². The Bertz CT molecular complexity index is 240. The average molecular weight is 246 g/mol. The van der Waals surface area contributed by atoms with Crippen molar-refractivity contribution >= 4 is 34.9 Å². The van der Waals surface area contributed by atoms with Crippen LogP contribution in [0.3, 0.4) is 0 Å². The fraction of sp³-hybridized carbons (Fsp3) is 0.800. The maximum Gasteiger partial charge on any atom is 0.233 e. The Labute approximate surface area is 101 Å². The molecule has 1 aliphatic heterocycles. The van der Waals surface area contributed by atoms with Crippen LogP contribution in [0.25, 0.3) is 0 Å². The summed E-state index contributed by atoms with van der Waals surface area (Å²) >= 11 is 6.59. The van der Waals surface area contributed by atoms with Gasteiger partial charge in [-0.1, -0.05) is 19.1 Å². The van der Waals surface area contributed by atoms with E-state index in [2.05, 4.69) is 5.32 Å². The van der Waals surface area contributed by atoms with Crippen LogP contribution in [0.2, 0.25) is 0 Å². The summed E-state index contributed by atoms with van der Waals surface area (Å²) in [5.74, 6) is 1.25. The standard InChI is InChI=1S/C10H18N2OS2/c1-2-7(6-9(11)14)12-10(13)8-4-3-5-15-8/h7-8H,2-6H2,1H3,(H2,11,14)(H,12,13). The number of amides is 1. The largest absolute Gasteiger partial charge is 0.393 e. The van der Waals surface area contributed by atoms with Gasteiger partial charge < -0.3 is 11.1 Å². The molecule has 0 aromatic carbocycles. The van der Waals surface area contributed by atoms with Crippen molar-refractivity contribution in [3.8, 4) is 0 Å². The molecule has 1 rings (SSSR count). The number of thioether (sulfide) groups is 1. The Kier molecular flexibility index (Phi) is 5.39. The minimum atomic E-state index is 0.108. The molecule has 1 heterocycles. The Morgan fingerprint density at radius 3 is 2.93 bits per heavy atom. The quantitative estimate of drug-likeness (QED) is 0.721. The summed E-state index contributed by atoms with van der Waals surface area (Å²) in [5, 5.41) is 3.16. The van der Waals surface area contributed by atoms with Gasteiger partial charge in [-0.15, -0.1) is 11.8 Å². The van der Waals surface area contributed by atoms with Crippen LogP contribution in [0.15, 0.2) is 0 Å². The first kappa shape index (κ1) is 12.8. The molecule has 0 saturated carbocycles. The van der Waals surface area contributed by atoms with Crippen LogP contribution in [0.1, 0.15) is 32.6 Å². The number of nitrogens with one attached hydrogen (secondary N) is 1. The maximum atomic E-state index is 11.8. The van der Waals surface area contributed by atoms with Crippen molar-refractivity contribution in [3.63, 3.8) is 0 Å². The molecule has 5 heteroatoms. The number of thiocarbonyl (C=S) groups is 1. The molecule has 1 fully saturated rings. The van der Waals surface area contributed by atoms with Crippen molar-refractivity contribution in [2.45, 2.75) is 43.9 Å². The smallest absolute Gasteiger partial charge is 0.233 e. The van der Waals surface area contributed by atoms with E-state index in [4.69, 9.17) is 18.0 Å². The molecule has 86 valence electrons. The van der Waals surface area contributed by atoms with Crippen molar-refractivity contribution < 1.29 is 4.79 Å². The molecule has 0 aromatic heterocycles. The second kappa shape index (κ2) is 6.33. The van der Waals surface area contributed by atoms with Crippen LogP contribution in [-0.4, -0.2) is 27.9 Å². The lowest BCUT2D eigenvalue weighted by atomic mass is 10.1. The van der Waals surface area contributed by atoms with Crippen LogP contribution in [0.5, 0.6) is 0 Å². The molecule has 0 aromatic rings. The van der Waals surface area contributed by atoms with E-state index in [-0.39, 0.29) is 17.2 Å². The van der Waals surface area contributed by atoms with Gasteiger partial charge in [0.1, 0.15) is 0 Å². The lowest BCUT2D eigenvalue weighted by molar-refractivity contribution is -0.121. The molecule has 1 saturated heterocycles. The Hall–Kier alpha value is -0.290. The summed E-state index contributed by atoms with van der Waals surface area (Å²) in [5.41, 5.74) is 5.47. The van der Waals surface area contributed by atoms with Gasteiger partial charge in [0.25, 0.3) is 0 Å².